The maximum Gasteiger partial charge on any atom is 0.410 e. The molecule has 8 heteroatoms. The molecule has 31 heavy (non-hydrogen) atoms. The number of anilines is 1. The summed E-state index contributed by atoms with van der Waals surface area (Å²) in [6.07, 6.45) is 3.80. The van der Waals surface area contributed by atoms with Crippen LogP contribution < -0.4 is 10.6 Å². The van der Waals surface area contributed by atoms with Crippen LogP contribution >= 0.6 is 0 Å². The van der Waals surface area contributed by atoms with Crippen LogP contribution in [0.3, 0.4) is 0 Å². The topological polar surface area (TPSA) is 70.6 Å². The lowest BCUT2D eigenvalue weighted by atomic mass is 9.79. The molecular formula is C23H33FN4O3. The van der Waals surface area contributed by atoms with Gasteiger partial charge in [0.25, 0.3) is 0 Å². The number of carbonyl (C=O) groups excluding carboxylic acids is 1. The number of aryl methyl sites for hydroxylation is 1. The Kier molecular flexibility index (Phi) is 5.75. The van der Waals surface area contributed by atoms with Crippen molar-refractivity contribution < 1.29 is 13.9 Å². The van der Waals surface area contributed by atoms with Crippen molar-refractivity contribution in [1.29, 1.82) is 0 Å². The standard InChI is InChI=1S/C23H33FN4O3/c1-23(2,3)31-22(30)28-11-7-16(8-12-28)15-5-9-27(10-6-15)19-14-20-18(13-17(19)24)25-21(29)26(20)4/h13-16H,5-12H2,1-4H3,(H,25,29). The Morgan fingerprint density at radius 3 is 2.23 bits per heavy atom. The summed E-state index contributed by atoms with van der Waals surface area (Å²) < 4.78 is 21.7. The van der Waals surface area contributed by atoms with Crippen LogP contribution in [0, 0.1) is 17.7 Å². The zero-order valence-corrected chi connectivity index (χ0v) is 18.9. The molecule has 0 aliphatic carbocycles. The fourth-order valence-electron chi connectivity index (χ4n) is 4.97. The number of hydrogen-bond acceptors (Lipinski definition) is 4. The molecule has 2 aliphatic rings. The number of aromatic nitrogens is 2. The summed E-state index contributed by atoms with van der Waals surface area (Å²) in [4.78, 5) is 30.7. The van der Waals surface area contributed by atoms with Crippen molar-refractivity contribution in [3.8, 4) is 0 Å². The minimum atomic E-state index is -0.467. The number of likely N-dealkylation sites (tertiary alicyclic amines) is 1. The van der Waals surface area contributed by atoms with E-state index in [0.717, 1.165) is 57.4 Å². The molecule has 2 fully saturated rings. The van der Waals surface area contributed by atoms with E-state index in [1.807, 2.05) is 25.7 Å². The van der Waals surface area contributed by atoms with Gasteiger partial charge in [-0.05, 0) is 64.4 Å². The second-order valence-electron chi connectivity index (χ2n) is 9.94. The molecule has 3 heterocycles. The molecular weight excluding hydrogens is 399 g/mol. The van der Waals surface area contributed by atoms with E-state index in [-0.39, 0.29) is 17.6 Å². The van der Waals surface area contributed by atoms with Gasteiger partial charge in [-0.2, -0.15) is 0 Å². The highest BCUT2D eigenvalue weighted by Crippen LogP contribution is 2.35. The molecule has 170 valence electrons. The molecule has 0 saturated carbocycles. The Morgan fingerprint density at radius 1 is 1.06 bits per heavy atom. The molecule has 0 unspecified atom stereocenters. The quantitative estimate of drug-likeness (QED) is 0.782. The number of aromatic amines is 1. The highest BCUT2D eigenvalue weighted by Gasteiger charge is 2.33. The van der Waals surface area contributed by atoms with E-state index in [4.69, 9.17) is 4.74 Å². The van der Waals surface area contributed by atoms with Crippen LogP contribution in [0.4, 0.5) is 14.9 Å². The number of rotatable bonds is 2. The van der Waals surface area contributed by atoms with Crippen molar-refractivity contribution in [2.45, 2.75) is 52.1 Å². The molecule has 2 aromatic rings. The van der Waals surface area contributed by atoms with Gasteiger partial charge in [0.15, 0.2) is 0 Å². The zero-order chi connectivity index (χ0) is 22.3. The van der Waals surface area contributed by atoms with E-state index in [1.165, 1.54) is 10.6 Å². The van der Waals surface area contributed by atoms with Crippen LogP contribution in [0.1, 0.15) is 46.5 Å². The predicted octanol–water partition coefficient (Wildman–Crippen LogP) is 3.87. The van der Waals surface area contributed by atoms with Crippen LogP contribution in [0.2, 0.25) is 0 Å². The molecule has 2 saturated heterocycles. The number of halogens is 1. The van der Waals surface area contributed by atoms with Crippen molar-refractivity contribution in [3.63, 3.8) is 0 Å². The van der Waals surface area contributed by atoms with Gasteiger partial charge in [0, 0.05) is 39.3 Å². The van der Waals surface area contributed by atoms with Crippen LogP contribution in [0.25, 0.3) is 11.0 Å². The summed E-state index contributed by atoms with van der Waals surface area (Å²) in [5.41, 5.74) is 1.12. The Bertz CT molecular complexity index is 1010. The first kappa shape index (κ1) is 21.7. The third kappa shape index (κ3) is 4.57. The highest BCUT2D eigenvalue weighted by atomic mass is 19.1. The fraction of sp³-hybridized carbons (Fsp3) is 0.652. The van der Waals surface area contributed by atoms with Gasteiger partial charge in [-0.15, -0.1) is 0 Å². The molecule has 1 aromatic carbocycles. The smallest absolute Gasteiger partial charge is 0.410 e. The summed E-state index contributed by atoms with van der Waals surface area (Å²) in [7, 11) is 1.69. The summed E-state index contributed by atoms with van der Waals surface area (Å²) in [6, 6.07) is 3.20. The first-order valence-electron chi connectivity index (χ1n) is 11.2. The molecule has 4 rings (SSSR count). The Hall–Kier alpha value is -2.51. The summed E-state index contributed by atoms with van der Waals surface area (Å²) in [5.74, 6) is 0.901. The van der Waals surface area contributed by atoms with Crippen molar-refractivity contribution in [1.82, 2.24) is 14.5 Å². The number of benzene rings is 1. The number of nitrogens with zero attached hydrogens (tertiary/aromatic N) is 3. The first-order valence-corrected chi connectivity index (χ1v) is 11.2. The molecule has 0 atom stereocenters. The molecule has 0 spiro atoms. The molecule has 0 bridgehead atoms. The van der Waals surface area contributed by atoms with Crippen LogP contribution in [-0.2, 0) is 11.8 Å². The lowest BCUT2D eigenvalue weighted by Gasteiger charge is -2.41. The lowest BCUT2D eigenvalue weighted by Crippen LogP contribution is -2.44. The van der Waals surface area contributed by atoms with Crippen molar-refractivity contribution >= 4 is 22.8 Å². The first-order chi connectivity index (χ1) is 14.6. The molecule has 1 N–H and O–H groups in total. The van der Waals surface area contributed by atoms with Crippen LogP contribution in [0.15, 0.2) is 16.9 Å². The van der Waals surface area contributed by atoms with Gasteiger partial charge in [-0.1, -0.05) is 0 Å². The molecule has 1 aromatic heterocycles. The minimum Gasteiger partial charge on any atom is -0.444 e. The Balaban J connectivity index is 1.34. The second-order valence-corrected chi connectivity index (χ2v) is 9.94. The number of nitrogens with one attached hydrogen (secondary N) is 1. The molecule has 0 radical (unpaired) electrons. The Morgan fingerprint density at radius 2 is 1.65 bits per heavy atom. The second kappa shape index (κ2) is 8.20. The number of carbonyl (C=O) groups is 1. The SMILES string of the molecule is Cn1c(=O)[nH]c2cc(F)c(N3CCC(C4CCN(C(=O)OC(C)(C)C)CC4)CC3)cc21. The predicted molar refractivity (Wildman–Crippen MR) is 119 cm³/mol. The number of H-pyrrole nitrogens is 1. The van der Waals surface area contributed by atoms with Crippen LogP contribution in [-0.4, -0.2) is 52.3 Å². The number of amides is 1. The molecule has 7 nitrogen and oxygen atoms in total. The van der Waals surface area contributed by atoms with Gasteiger partial charge in [0.2, 0.25) is 0 Å². The minimum absolute atomic E-state index is 0.217. The highest BCUT2D eigenvalue weighted by molar-refractivity contribution is 5.80. The van der Waals surface area contributed by atoms with Crippen molar-refractivity contribution in [3.05, 3.63) is 28.4 Å². The third-order valence-corrected chi connectivity index (χ3v) is 6.71. The maximum atomic E-state index is 14.7. The lowest BCUT2D eigenvalue weighted by molar-refractivity contribution is 0.0152. The maximum absolute atomic E-state index is 14.7. The van der Waals surface area contributed by atoms with Gasteiger partial charge >= 0.3 is 11.8 Å². The number of fused-ring (bicyclic) bond motifs is 1. The normalized spacial score (nSPS) is 19.3. The molecule has 2 aliphatic heterocycles. The van der Waals surface area contributed by atoms with Crippen molar-refractivity contribution in [2.75, 3.05) is 31.1 Å². The number of hydrogen-bond donors (Lipinski definition) is 1. The average molecular weight is 433 g/mol. The van der Waals surface area contributed by atoms with Gasteiger partial charge in [-0.25, -0.2) is 14.0 Å². The number of imidazole rings is 1. The van der Waals surface area contributed by atoms with Gasteiger partial charge < -0.3 is 19.5 Å². The largest absolute Gasteiger partial charge is 0.444 e. The van der Waals surface area contributed by atoms with Gasteiger partial charge in [0.05, 0.1) is 16.7 Å². The summed E-state index contributed by atoms with van der Waals surface area (Å²) in [5, 5.41) is 0. The number of piperidine rings is 2. The van der Waals surface area contributed by atoms with E-state index >= 15 is 0 Å². The van der Waals surface area contributed by atoms with Crippen molar-refractivity contribution in [2.24, 2.45) is 18.9 Å². The third-order valence-electron chi connectivity index (χ3n) is 6.71. The van der Waals surface area contributed by atoms with Crippen LogP contribution in [0.5, 0.6) is 0 Å². The van der Waals surface area contributed by atoms with E-state index in [2.05, 4.69) is 9.88 Å². The Labute approximate surface area is 182 Å². The zero-order valence-electron chi connectivity index (χ0n) is 18.9. The summed E-state index contributed by atoms with van der Waals surface area (Å²) in [6.45, 7) is 8.76. The monoisotopic (exact) mass is 432 g/mol. The van der Waals surface area contributed by atoms with Gasteiger partial charge in [-0.3, -0.25) is 4.57 Å². The van der Waals surface area contributed by atoms with E-state index in [9.17, 15) is 14.0 Å². The van der Waals surface area contributed by atoms with E-state index < -0.39 is 5.60 Å². The number of ether oxygens (including phenoxy) is 1. The molecule has 1 amide bonds. The van der Waals surface area contributed by atoms with Gasteiger partial charge in [0.1, 0.15) is 11.4 Å². The van der Waals surface area contributed by atoms with E-state index in [0.29, 0.717) is 23.0 Å². The average Bonchev–Trinajstić information content (AvgIpc) is 2.99. The fourth-order valence-corrected chi connectivity index (χ4v) is 4.97. The summed E-state index contributed by atoms with van der Waals surface area (Å²) >= 11 is 0. The van der Waals surface area contributed by atoms with E-state index in [1.54, 1.807) is 13.1 Å².